The summed E-state index contributed by atoms with van der Waals surface area (Å²) in [5, 5.41) is 11.7. The van der Waals surface area contributed by atoms with Crippen LogP contribution in [-0.2, 0) is 4.79 Å². The van der Waals surface area contributed by atoms with Crippen molar-refractivity contribution in [2.75, 3.05) is 18.9 Å². The van der Waals surface area contributed by atoms with Gasteiger partial charge in [0.1, 0.15) is 5.69 Å². The normalized spacial score (nSPS) is 10.3. The summed E-state index contributed by atoms with van der Waals surface area (Å²) in [7, 11) is 1.82. The number of hydrogen-bond donors (Lipinski definition) is 2. The number of rotatable bonds is 5. The predicted molar refractivity (Wildman–Crippen MR) is 72.5 cm³/mol. The summed E-state index contributed by atoms with van der Waals surface area (Å²) in [5.41, 5.74) is 2.65. The van der Waals surface area contributed by atoms with Crippen LogP contribution in [0.5, 0.6) is 0 Å². The molecule has 0 radical (unpaired) electrons. The molecule has 0 atom stereocenters. The van der Waals surface area contributed by atoms with Gasteiger partial charge in [-0.1, -0.05) is 16.6 Å². The molecular formula is C12H14N4OS. The maximum Gasteiger partial charge on any atom is 0.225 e. The Kier molecular flexibility index (Phi) is 4.38. The molecule has 1 amide bonds. The molecule has 0 aliphatic rings. The number of anilines is 1. The third kappa shape index (κ3) is 3.35. The number of aromatic nitrogens is 2. The Balaban J connectivity index is 1.98. The number of benzene rings is 1. The van der Waals surface area contributed by atoms with Crippen LogP contribution in [0.2, 0.25) is 0 Å². The fourth-order valence-corrected chi connectivity index (χ4v) is 1.94. The Morgan fingerprint density at radius 2 is 2.11 bits per heavy atom. The van der Waals surface area contributed by atoms with Gasteiger partial charge in [-0.15, -0.1) is 5.10 Å². The topological polar surface area (TPSA) is 66.9 Å². The summed E-state index contributed by atoms with van der Waals surface area (Å²) in [5.74, 6) is 0.00688. The van der Waals surface area contributed by atoms with Gasteiger partial charge in [-0.2, -0.15) is 0 Å². The summed E-state index contributed by atoms with van der Waals surface area (Å²) < 4.78 is 3.82. The molecule has 94 valence electrons. The average Bonchev–Trinajstić information content (AvgIpc) is 2.91. The number of carbonyl (C=O) groups excluding carboxylic acids is 1. The first-order chi connectivity index (χ1) is 8.79. The van der Waals surface area contributed by atoms with Crippen LogP contribution < -0.4 is 10.6 Å². The first kappa shape index (κ1) is 12.7. The van der Waals surface area contributed by atoms with Crippen LogP contribution in [0, 0.1) is 0 Å². The van der Waals surface area contributed by atoms with Crippen molar-refractivity contribution in [2.45, 2.75) is 6.42 Å². The molecule has 0 aliphatic carbocycles. The van der Waals surface area contributed by atoms with Crippen LogP contribution in [-0.4, -0.2) is 29.1 Å². The molecule has 0 unspecified atom stereocenters. The van der Waals surface area contributed by atoms with Gasteiger partial charge >= 0.3 is 0 Å². The van der Waals surface area contributed by atoms with Gasteiger partial charge in [-0.05, 0) is 30.7 Å². The molecule has 1 aromatic carbocycles. The summed E-state index contributed by atoms with van der Waals surface area (Å²) >= 11 is 1.32. The largest absolute Gasteiger partial charge is 0.326 e. The molecule has 2 rings (SSSR count). The fraction of sp³-hybridized carbons (Fsp3) is 0.250. The first-order valence-corrected chi connectivity index (χ1v) is 6.45. The summed E-state index contributed by atoms with van der Waals surface area (Å²) in [6.45, 7) is 0.675. The molecule has 0 saturated carbocycles. The van der Waals surface area contributed by atoms with Crippen molar-refractivity contribution in [1.29, 1.82) is 0 Å². The number of nitrogens with zero attached hydrogens (tertiary/aromatic N) is 2. The van der Waals surface area contributed by atoms with E-state index in [4.69, 9.17) is 0 Å². The van der Waals surface area contributed by atoms with Gasteiger partial charge in [0.25, 0.3) is 0 Å². The second kappa shape index (κ2) is 6.23. The van der Waals surface area contributed by atoms with E-state index in [1.165, 1.54) is 11.5 Å². The molecule has 6 heteroatoms. The molecule has 0 fully saturated rings. The lowest BCUT2D eigenvalue weighted by Crippen LogP contribution is -2.18. The van der Waals surface area contributed by atoms with Crippen molar-refractivity contribution < 1.29 is 4.79 Å². The molecule has 2 aromatic rings. The van der Waals surface area contributed by atoms with E-state index in [1.54, 1.807) is 0 Å². The molecule has 0 saturated heterocycles. The van der Waals surface area contributed by atoms with E-state index in [9.17, 15) is 4.79 Å². The molecule has 0 aliphatic heterocycles. The molecule has 1 heterocycles. The van der Waals surface area contributed by atoms with E-state index in [-0.39, 0.29) is 5.91 Å². The highest BCUT2D eigenvalue weighted by Crippen LogP contribution is 2.19. The van der Waals surface area contributed by atoms with Crippen molar-refractivity contribution in [3.63, 3.8) is 0 Å². The zero-order valence-electron chi connectivity index (χ0n) is 10.0. The van der Waals surface area contributed by atoms with Gasteiger partial charge in [0.2, 0.25) is 5.91 Å². The minimum absolute atomic E-state index is 0.00688. The van der Waals surface area contributed by atoms with Crippen molar-refractivity contribution in [3.05, 3.63) is 29.6 Å². The Morgan fingerprint density at radius 1 is 1.33 bits per heavy atom. The lowest BCUT2D eigenvalue weighted by atomic mass is 10.1. The first-order valence-electron chi connectivity index (χ1n) is 5.61. The monoisotopic (exact) mass is 262 g/mol. The second-order valence-electron chi connectivity index (χ2n) is 3.77. The molecule has 0 spiro atoms. The lowest BCUT2D eigenvalue weighted by molar-refractivity contribution is -0.116. The van der Waals surface area contributed by atoms with Crippen molar-refractivity contribution in [2.24, 2.45) is 0 Å². The van der Waals surface area contributed by atoms with E-state index < -0.39 is 0 Å². The van der Waals surface area contributed by atoms with Crippen molar-refractivity contribution in [1.82, 2.24) is 14.9 Å². The molecule has 0 bridgehead atoms. The maximum absolute atomic E-state index is 11.5. The minimum Gasteiger partial charge on any atom is -0.326 e. The van der Waals surface area contributed by atoms with Gasteiger partial charge in [0.05, 0.1) is 0 Å². The molecule has 1 aromatic heterocycles. The predicted octanol–water partition coefficient (Wildman–Crippen LogP) is 1.75. The Hall–Kier alpha value is -1.79. The molecule has 5 nitrogen and oxygen atoms in total. The lowest BCUT2D eigenvalue weighted by Gasteiger charge is -2.05. The van der Waals surface area contributed by atoms with Gasteiger partial charge in [-0.25, -0.2) is 0 Å². The number of nitrogens with one attached hydrogen (secondary N) is 2. The quantitative estimate of drug-likeness (QED) is 0.861. The summed E-state index contributed by atoms with van der Waals surface area (Å²) in [6.07, 6.45) is 0.467. The van der Waals surface area contributed by atoms with Crippen molar-refractivity contribution in [3.8, 4) is 11.3 Å². The third-order valence-corrected chi connectivity index (χ3v) is 2.93. The molecule has 18 heavy (non-hydrogen) atoms. The summed E-state index contributed by atoms with van der Waals surface area (Å²) in [6, 6.07) is 7.58. The minimum atomic E-state index is 0.00688. The van der Waals surface area contributed by atoms with Crippen LogP contribution >= 0.6 is 11.5 Å². The Bertz CT molecular complexity index is 495. The third-order valence-electron chi connectivity index (χ3n) is 2.43. The van der Waals surface area contributed by atoms with Gasteiger partial charge in [-0.3, -0.25) is 4.79 Å². The van der Waals surface area contributed by atoms with E-state index in [0.29, 0.717) is 13.0 Å². The smallest absolute Gasteiger partial charge is 0.225 e. The van der Waals surface area contributed by atoms with E-state index in [1.807, 2.05) is 36.7 Å². The highest BCUT2D eigenvalue weighted by molar-refractivity contribution is 7.03. The second-order valence-corrected chi connectivity index (χ2v) is 4.38. The van der Waals surface area contributed by atoms with Crippen LogP contribution in [0.1, 0.15) is 6.42 Å². The van der Waals surface area contributed by atoms with Crippen LogP contribution in [0.25, 0.3) is 11.3 Å². The van der Waals surface area contributed by atoms with E-state index in [0.717, 1.165) is 16.9 Å². The highest BCUT2D eigenvalue weighted by Gasteiger charge is 2.03. The summed E-state index contributed by atoms with van der Waals surface area (Å²) in [4.78, 5) is 11.5. The standard InChI is InChI=1S/C12H14N4OS/c1-13-7-6-12(17)14-10-4-2-9(3-5-10)11-8-18-16-15-11/h2-5,8,13H,6-7H2,1H3,(H,14,17). The van der Waals surface area contributed by atoms with E-state index >= 15 is 0 Å². The maximum atomic E-state index is 11.5. The Morgan fingerprint density at radius 3 is 2.72 bits per heavy atom. The molecular weight excluding hydrogens is 248 g/mol. The molecule has 2 N–H and O–H groups in total. The number of carbonyl (C=O) groups is 1. The van der Waals surface area contributed by atoms with Gasteiger partial charge in [0.15, 0.2) is 0 Å². The average molecular weight is 262 g/mol. The van der Waals surface area contributed by atoms with Gasteiger partial charge in [0, 0.05) is 29.6 Å². The van der Waals surface area contributed by atoms with Gasteiger partial charge < -0.3 is 10.6 Å². The van der Waals surface area contributed by atoms with Crippen LogP contribution in [0.3, 0.4) is 0 Å². The van der Waals surface area contributed by atoms with Crippen LogP contribution in [0.15, 0.2) is 29.6 Å². The number of hydrogen-bond acceptors (Lipinski definition) is 5. The highest BCUT2D eigenvalue weighted by atomic mass is 32.1. The zero-order chi connectivity index (χ0) is 12.8. The van der Waals surface area contributed by atoms with E-state index in [2.05, 4.69) is 20.2 Å². The number of amides is 1. The SMILES string of the molecule is CNCCC(=O)Nc1ccc(-c2csnn2)cc1. The van der Waals surface area contributed by atoms with Crippen molar-refractivity contribution >= 4 is 23.1 Å². The zero-order valence-corrected chi connectivity index (χ0v) is 10.8. The van der Waals surface area contributed by atoms with Crippen LogP contribution in [0.4, 0.5) is 5.69 Å². The Labute approximate surface area is 109 Å². The fourth-order valence-electron chi connectivity index (χ4n) is 1.48.